The van der Waals surface area contributed by atoms with E-state index in [1.807, 2.05) is 0 Å². The molecule has 0 spiro atoms. The molecule has 0 aromatic rings. The molecule has 0 radical (unpaired) electrons. The van der Waals surface area contributed by atoms with Crippen molar-refractivity contribution < 1.29 is 22.3 Å². The van der Waals surface area contributed by atoms with E-state index in [0.29, 0.717) is 0 Å². The molecule has 0 aromatic heterocycles. The second-order valence-electron chi connectivity index (χ2n) is 1.35. The molecule has 0 saturated heterocycles. The largest absolute Gasteiger partial charge is 0.397 e. The van der Waals surface area contributed by atoms with E-state index in [4.69, 9.17) is 15.4 Å². The van der Waals surface area contributed by atoms with Gasteiger partial charge < -0.3 is 17.0 Å². The molecule has 0 atom stereocenters. The molecule has 0 fully saturated rings. The van der Waals surface area contributed by atoms with Gasteiger partial charge in [-0.2, -0.15) is 8.42 Å². The van der Waals surface area contributed by atoms with Gasteiger partial charge in [-0.05, 0) is 6.92 Å². The van der Waals surface area contributed by atoms with Gasteiger partial charge in [0.05, 0.1) is 6.61 Å². The van der Waals surface area contributed by atoms with Crippen LogP contribution in [-0.4, -0.2) is 37.8 Å². The summed E-state index contributed by atoms with van der Waals surface area (Å²) >= 11 is 0. The molecule has 0 bridgehead atoms. The normalized spacial score (nSPS) is 9.33. The number of nitrogens with two attached hydrogens (primary N) is 1. The molecule has 0 aliphatic rings. The Hall–Kier alpha value is -0.250. The lowest BCUT2D eigenvalue weighted by Crippen LogP contribution is -2.12. The molecule has 0 saturated carbocycles. The monoisotopic (exact) mass is 204 g/mol. The van der Waals surface area contributed by atoms with Crippen molar-refractivity contribution in [1.29, 1.82) is 0 Å². The van der Waals surface area contributed by atoms with Gasteiger partial charge in [0.15, 0.2) is 0 Å². The smallest absolute Gasteiger partial charge is 0.397 e. The molecule has 78 valence electrons. The van der Waals surface area contributed by atoms with Crippen molar-refractivity contribution in [3.05, 3.63) is 0 Å². The second kappa shape index (κ2) is 10.8. The summed E-state index contributed by atoms with van der Waals surface area (Å²) in [6, 6.07) is 0. The predicted molar refractivity (Wildman–Crippen MR) is 44.3 cm³/mol. The van der Waals surface area contributed by atoms with Crippen LogP contribution >= 0.6 is 0 Å². The molecular formula is C4H16N2O5S. The first-order valence-electron chi connectivity index (χ1n) is 2.90. The van der Waals surface area contributed by atoms with Gasteiger partial charge in [-0.1, -0.05) is 0 Å². The van der Waals surface area contributed by atoms with Crippen molar-refractivity contribution in [2.45, 2.75) is 6.92 Å². The molecule has 0 aliphatic carbocycles. The third kappa shape index (κ3) is 33.1. The van der Waals surface area contributed by atoms with Crippen LogP contribution in [0.5, 0.6) is 0 Å². The zero-order valence-corrected chi connectivity index (χ0v) is 7.75. The number of aliphatic hydroxyl groups excluding tert-OH is 1. The van der Waals surface area contributed by atoms with E-state index in [0.717, 1.165) is 0 Å². The van der Waals surface area contributed by atoms with Crippen LogP contribution in [-0.2, 0) is 14.6 Å². The fourth-order valence-corrected chi connectivity index (χ4v) is 0.460. The summed E-state index contributed by atoms with van der Waals surface area (Å²) < 4.78 is 31.0. The van der Waals surface area contributed by atoms with Crippen LogP contribution in [0.15, 0.2) is 0 Å². The Bertz CT molecular complexity index is 157. The van der Waals surface area contributed by atoms with Crippen LogP contribution in [0.25, 0.3) is 0 Å². The summed E-state index contributed by atoms with van der Waals surface area (Å²) in [5.41, 5.74) is 4.84. The van der Waals surface area contributed by atoms with E-state index in [2.05, 4.69) is 4.18 Å². The Morgan fingerprint density at radius 3 is 1.92 bits per heavy atom. The lowest BCUT2D eigenvalue weighted by atomic mass is 10.8. The maximum Gasteiger partial charge on any atom is 0.397 e. The van der Waals surface area contributed by atoms with Crippen molar-refractivity contribution in [2.75, 3.05) is 19.8 Å². The van der Waals surface area contributed by atoms with Gasteiger partial charge in [0, 0.05) is 13.2 Å². The highest BCUT2D eigenvalue weighted by molar-refractivity contribution is 7.80. The van der Waals surface area contributed by atoms with Crippen molar-refractivity contribution in [1.82, 2.24) is 6.15 Å². The fourth-order valence-electron chi connectivity index (χ4n) is 0.153. The Morgan fingerprint density at radius 2 is 1.83 bits per heavy atom. The molecule has 0 rings (SSSR count). The third-order valence-electron chi connectivity index (χ3n) is 0.350. The lowest BCUT2D eigenvalue weighted by Gasteiger charge is -1.92. The Kier molecular flexibility index (Phi) is 15.9. The van der Waals surface area contributed by atoms with Gasteiger partial charge in [-0.25, -0.2) is 4.18 Å². The van der Waals surface area contributed by atoms with E-state index in [1.54, 1.807) is 6.92 Å². The van der Waals surface area contributed by atoms with Crippen LogP contribution < -0.4 is 11.9 Å². The molecule has 0 unspecified atom stereocenters. The van der Waals surface area contributed by atoms with E-state index >= 15 is 0 Å². The Labute approximate surface area is 72.1 Å². The van der Waals surface area contributed by atoms with E-state index in [1.165, 1.54) is 0 Å². The van der Waals surface area contributed by atoms with Crippen molar-refractivity contribution in [2.24, 2.45) is 5.73 Å². The Balaban J connectivity index is -0.000000177. The summed E-state index contributed by atoms with van der Waals surface area (Å²) in [5, 5.41) is 7.57. The van der Waals surface area contributed by atoms with Crippen LogP contribution in [0, 0.1) is 0 Å². The van der Waals surface area contributed by atoms with E-state index in [-0.39, 0.29) is 25.9 Å². The van der Waals surface area contributed by atoms with Gasteiger partial charge >= 0.3 is 10.4 Å². The minimum atomic E-state index is -4.27. The highest BCUT2D eigenvalue weighted by Crippen LogP contribution is 1.81. The van der Waals surface area contributed by atoms with Crippen LogP contribution in [0.2, 0.25) is 0 Å². The molecular weight excluding hydrogens is 188 g/mol. The van der Waals surface area contributed by atoms with Gasteiger partial charge in [-0.3, -0.25) is 4.55 Å². The molecule has 0 amide bonds. The van der Waals surface area contributed by atoms with Crippen LogP contribution in [0.3, 0.4) is 0 Å². The van der Waals surface area contributed by atoms with Gasteiger partial charge in [0.2, 0.25) is 0 Å². The quantitative estimate of drug-likeness (QED) is 0.428. The first-order chi connectivity index (χ1) is 4.97. The molecule has 7 N–H and O–H groups in total. The van der Waals surface area contributed by atoms with Gasteiger partial charge in [0.1, 0.15) is 0 Å². The SMILES string of the molecule is CCO.N.NCCOS(=O)(=O)O. The summed E-state index contributed by atoms with van der Waals surface area (Å²) in [7, 11) is -4.27. The lowest BCUT2D eigenvalue weighted by molar-refractivity contribution is 0.276. The van der Waals surface area contributed by atoms with Crippen molar-refractivity contribution in [3.63, 3.8) is 0 Å². The first-order valence-corrected chi connectivity index (χ1v) is 4.27. The zero-order chi connectivity index (χ0) is 9.33. The molecule has 8 heteroatoms. The number of rotatable bonds is 3. The van der Waals surface area contributed by atoms with Crippen LogP contribution in [0.1, 0.15) is 6.92 Å². The Morgan fingerprint density at radius 1 is 1.50 bits per heavy atom. The second-order valence-corrected chi connectivity index (χ2v) is 2.45. The molecule has 7 nitrogen and oxygen atoms in total. The maximum atomic E-state index is 9.67. The molecule has 0 aromatic carbocycles. The van der Waals surface area contributed by atoms with E-state index in [9.17, 15) is 8.42 Å². The number of aliphatic hydroxyl groups is 1. The summed E-state index contributed by atoms with van der Waals surface area (Å²) in [4.78, 5) is 0. The highest BCUT2D eigenvalue weighted by atomic mass is 32.3. The topological polar surface area (TPSA) is 145 Å². The standard InChI is InChI=1S/C2H7NO4S.C2H6O.H3N/c3-1-2-7-8(4,5)6;1-2-3;/h1-3H2,(H,4,5,6);3H,2H2,1H3;1H3. The molecule has 0 heterocycles. The van der Waals surface area contributed by atoms with Crippen molar-refractivity contribution in [3.8, 4) is 0 Å². The van der Waals surface area contributed by atoms with Crippen molar-refractivity contribution >= 4 is 10.4 Å². The average Bonchev–Trinajstić information content (AvgIpc) is 1.84. The summed E-state index contributed by atoms with van der Waals surface area (Å²) in [6.45, 7) is 1.82. The number of hydrogen-bond donors (Lipinski definition) is 4. The highest BCUT2D eigenvalue weighted by Gasteiger charge is 2.00. The zero-order valence-electron chi connectivity index (χ0n) is 6.93. The maximum absolute atomic E-state index is 9.67. The van der Waals surface area contributed by atoms with Gasteiger partial charge in [-0.15, -0.1) is 0 Å². The predicted octanol–water partition coefficient (Wildman–Crippen LogP) is -1.07. The minimum Gasteiger partial charge on any atom is -0.397 e. The average molecular weight is 204 g/mol. The summed E-state index contributed by atoms with van der Waals surface area (Å²) in [6.07, 6.45) is 0. The van der Waals surface area contributed by atoms with Crippen LogP contribution in [0.4, 0.5) is 0 Å². The van der Waals surface area contributed by atoms with Gasteiger partial charge in [0.25, 0.3) is 0 Å². The number of hydrogen-bond acceptors (Lipinski definition) is 6. The summed E-state index contributed by atoms with van der Waals surface area (Å²) in [5.74, 6) is 0. The first kappa shape index (κ1) is 17.7. The van der Waals surface area contributed by atoms with E-state index < -0.39 is 10.4 Å². The molecule has 12 heavy (non-hydrogen) atoms. The minimum absolute atomic E-state index is 0. The molecule has 0 aliphatic heterocycles. The fraction of sp³-hybridized carbons (Fsp3) is 1.00. The third-order valence-corrected chi connectivity index (χ3v) is 0.815.